The van der Waals surface area contributed by atoms with Crippen molar-refractivity contribution in [2.24, 2.45) is 17.8 Å². The van der Waals surface area contributed by atoms with Crippen LogP contribution in [0.3, 0.4) is 0 Å². The molecule has 2 saturated carbocycles. The molecule has 5 rings (SSSR count). The number of hydroxylamine groups is 2. The van der Waals surface area contributed by atoms with Crippen molar-refractivity contribution in [3.05, 3.63) is 47.5 Å². The maximum absolute atomic E-state index is 14.8. The molecule has 0 amide bonds. The molecule has 3 aliphatic rings. The van der Waals surface area contributed by atoms with Crippen LogP contribution in [0.5, 0.6) is 0 Å². The van der Waals surface area contributed by atoms with E-state index in [1.807, 2.05) is 12.1 Å². The Morgan fingerprint density at radius 2 is 1.57 bits per heavy atom. The van der Waals surface area contributed by atoms with Gasteiger partial charge in [0.2, 0.25) is 0 Å². The van der Waals surface area contributed by atoms with Gasteiger partial charge in [-0.15, -0.1) is 0 Å². The van der Waals surface area contributed by atoms with Crippen molar-refractivity contribution in [3.63, 3.8) is 0 Å². The smallest absolute Gasteiger partial charge is 0.198 e. The summed E-state index contributed by atoms with van der Waals surface area (Å²) >= 11 is 0. The standard InChI is InChI=1S/C21H21F4NO3S/c22-20(23,18-10-13-7-8-15(18)9-13)21(24,25)30(27,28)29-26-11-16-5-1-3-14-4-2-6-17(12-26)19(14)16/h1-6,13,15,18H,7-12H2. The van der Waals surface area contributed by atoms with E-state index in [4.69, 9.17) is 0 Å². The summed E-state index contributed by atoms with van der Waals surface area (Å²) in [7, 11) is -5.90. The molecule has 2 fully saturated rings. The molecule has 1 aliphatic heterocycles. The summed E-state index contributed by atoms with van der Waals surface area (Å²) in [5.74, 6) is -6.91. The number of hydrogen-bond acceptors (Lipinski definition) is 4. The third-order valence-corrected chi connectivity index (χ3v) is 8.19. The van der Waals surface area contributed by atoms with Gasteiger partial charge >= 0.3 is 21.3 Å². The maximum atomic E-state index is 14.8. The van der Waals surface area contributed by atoms with E-state index in [0.717, 1.165) is 22.3 Å². The fraction of sp³-hybridized carbons (Fsp3) is 0.524. The molecule has 0 saturated heterocycles. The first kappa shape index (κ1) is 20.2. The molecular formula is C21H21F4NO3S. The lowest BCUT2D eigenvalue weighted by Crippen LogP contribution is -2.54. The van der Waals surface area contributed by atoms with Gasteiger partial charge in [-0.1, -0.05) is 42.8 Å². The van der Waals surface area contributed by atoms with E-state index < -0.39 is 33.1 Å². The summed E-state index contributed by atoms with van der Waals surface area (Å²) in [6, 6.07) is 10.8. The average Bonchev–Trinajstić information content (AvgIpc) is 3.31. The van der Waals surface area contributed by atoms with E-state index in [-0.39, 0.29) is 25.4 Å². The van der Waals surface area contributed by atoms with Gasteiger partial charge in [0.1, 0.15) is 0 Å². The van der Waals surface area contributed by atoms with E-state index in [1.54, 1.807) is 24.3 Å². The molecular weight excluding hydrogens is 422 g/mol. The summed E-state index contributed by atoms with van der Waals surface area (Å²) in [5, 5.41) is -2.66. The van der Waals surface area contributed by atoms with Gasteiger partial charge in [0.05, 0.1) is 13.1 Å². The molecule has 0 aromatic heterocycles. The van der Waals surface area contributed by atoms with Crippen LogP contribution < -0.4 is 0 Å². The van der Waals surface area contributed by atoms with Crippen molar-refractivity contribution in [2.75, 3.05) is 0 Å². The van der Waals surface area contributed by atoms with Crippen molar-refractivity contribution >= 4 is 20.9 Å². The molecule has 3 atom stereocenters. The van der Waals surface area contributed by atoms with Crippen molar-refractivity contribution in [1.82, 2.24) is 5.06 Å². The number of hydrogen-bond donors (Lipinski definition) is 0. The number of fused-ring (bicyclic) bond motifs is 2. The summed E-state index contributed by atoms with van der Waals surface area (Å²) in [5.41, 5.74) is 1.38. The minimum absolute atomic E-state index is 0.0237. The molecule has 0 radical (unpaired) electrons. The fourth-order valence-corrected chi connectivity index (χ4v) is 6.47. The lowest BCUT2D eigenvalue weighted by Gasteiger charge is -2.35. The van der Waals surface area contributed by atoms with E-state index in [0.29, 0.717) is 24.0 Å². The molecule has 0 spiro atoms. The number of rotatable bonds is 5. The fourth-order valence-electron chi connectivity index (χ4n) is 5.51. The second-order valence-electron chi connectivity index (χ2n) is 8.68. The van der Waals surface area contributed by atoms with Gasteiger partial charge in [0, 0.05) is 5.92 Å². The van der Waals surface area contributed by atoms with Crippen LogP contribution in [0.4, 0.5) is 17.6 Å². The zero-order valence-corrected chi connectivity index (χ0v) is 16.8. The van der Waals surface area contributed by atoms with Crippen LogP contribution in [0.2, 0.25) is 0 Å². The zero-order chi connectivity index (χ0) is 21.3. The quantitative estimate of drug-likeness (QED) is 0.605. The lowest BCUT2D eigenvalue weighted by molar-refractivity contribution is -0.209. The molecule has 2 aromatic carbocycles. The number of nitrogens with zero attached hydrogens (tertiary/aromatic N) is 1. The minimum atomic E-state index is -5.90. The molecule has 4 nitrogen and oxygen atoms in total. The first-order chi connectivity index (χ1) is 14.1. The first-order valence-electron chi connectivity index (χ1n) is 10.0. The molecule has 30 heavy (non-hydrogen) atoms. The van der Waals surface area contributed by atoms with Crippen molar-refractivity contribution in [1.29, 1.82) is 0 Å². The summed E-state index contributed by atoms with van der Waals surface area (Å²) in [6.45, 7) is -0.188. The van der Waals surface area contributed by atoms with E-state index in [9.17, 15) is 26.0 Å². The first-order valence-corrected chi connectivity index (χ1v) is 11.4. The Bertz CT molecular complexity index is 1060. The highest BCUT2D eigenvalue weighted by Gasteiger charge is 2.72. The summed E-state index contributed by atoms with van der Waals surface area (Å²) in [4.78, 5) is 0. The molecule has 2 aromatic rings. The average molecular weight is 443 g/mol. The lowest BCUT2D eigenvalue weighted by atomic mass is 9.84. The Morgan fingerprint density at radius 3 is 2.10 bits per heavy atom. The maximum Gasteiger partial charge on any atom is 0.433 e. The molecule has 3 unspecified atom stereocenters. The SMILES string of the molecule is O=S(=O)(ON1Cc2cccc3cccc(c23)C1)C(F)(F)C(F)(F)C1CC2CCC1C2. The van der Waals surface area contributed by atoms with Crippen LogP contribution >= 0.6 is 0 Å². The Labute approximate surface area is 171 Å². The predicted molar refractivity (Wildman–Crippen MR) is 102 cm³/mol. The van der Waals surface area contributed by atoms with Gasteiger partial charge in [0.25, 0.3) is 0 Å². The molecule has 2 bridgehead atoms. The van der Waals surface area contributed by atoms with Gasteiger partial charge in [0.15, 0.2) is 0 Å². The van der Waals surface area contributed by atoms with Crippen molar-refractivity contribution < 1.29 is 30.3 Å². The highest BCUT2D eigenvalue weighted by atomic mass is 32.2. The van der Waals surface area contributed by atoms with Crippen LogP contribution in [-0.4, -0.2) is 24.7 Å². The molecule has 0 N–H and O–H groups in total. The topological polar surface area (TPSA) is 46.6 Å². The molecule has 9 heteroatoms. The number of alkyl halides is 4. The van der Waals surface area contributed by atoms with Gasteiger partial charge in [-0.2, -0.15) is 35.3 Å². The largest absolute Gasteiger partial charge is 0.433 e. The zero-order valence-electron chi connectivity index (χ0n) is 16.0. The van der Waals surface area contributed by atoms with Gasteiger partial charge in [-0.25, -0.2) is 0 Å². The summed E-state index contributed by atoms with van der Waals surface area (Å²) < 4.78 is 88.5. The Balaban J connectivity index is 1.40. The molecule has 162 valence electrons. The monoisotopic (exact) mass is 443 g/mol. The van der Waals surface area contributed by atoms with Gasteiger partial charge < -0.3 is 0 Å². The Kier molecular flexibility index (Phi) is 4.47. The van der Waals surface area contributed by atoms with Crippen LogP contribution in [-0.2, 0) is 27.5 Å². The second-order valence-corrected chi connectivity index (χ2v) is 10.3. The normalized spacial score (nSPS) is 27.1. The second kappa shape index (κ2) is 6.64. The number of benzene rings is 2. The third-order valence-electron chi connectivity index (χ3n) is 6.88. The summed E-state index contributed by atoms with van der Waals surface area (Å²) in [6.07, 6.45) is 1.58. The third kappa shape index (κ3) is 2.89. The highest BCUT2D eigenvalue weighted by Crippen LogP contribution is 2.58. The van der Waals surface area contributed by atoms with E-state index >= 15 is 0 Å². The molecule has 2 aliphatic carbocycles. The van der Waals surface area contributed by atoms with Gasteiger partial charge in [-0.05, 0) is 53.0 Å². The highest BCUT2D eigenvalue weighted by molar-refractivity contribution is 7.87. The number of halogens is 4. The van der Waals surface area contributed by atoms with Crippen LogP contribution in [0, 0.1) is 17.8 Å². The van der Waals surface area contributed by atoms with E-state index in [1.165, 1.54) is 0 Å². The van der Waals surface area contributed by atoms with Crippen LogP contribution in [0.1, 0.15) is 36.8 Å². The molecule has 1 heterocycles. The van der Waals surface area contributed by atoms with E-state index in [2.05, 4.69) is 4.28 Å². The Morgan fingerprint density at radius 1 is 0.933 bits per heavy atom. The van der Waals surface area contributed by atoms with Crippen molar-refractivity contribution in [3.8, 4) is 0 Å². The van der Waals surface area contributed by atoms with Gasteiger partial charge in [-0.3, -0.25) is 0 Å². The minimum Gasteiger partial charge on any atom is -0.198 e. The van der Waals surface area contributed by atoms with Crippen LogP contribution in [0.25, 0.3) is 10.8 Å². The van der Waals surface area contributed by atoms with Crippen LogP contribution in [0.15, 0.2) is 36.4 Å². The predicted octanol–water partition coefficient (Wildman–Crippen LogP) is 5.08. The Hall–Kier alpha value is -1.71. The van der Waals surface area contributed by atoms with Crippen molar-refractivity contribution in [2.45, 2.75) is 49.9 Å².